The monoisotopic (exact) mass is 206 g/mol. The van der Waals surface area contributed by atoms with Crippen LogP contribution in [0.3, 0.4) is 0 Å². The molecule has 0 aliphatic carbocycles. The van der Waals surface area contributed by atoms with Gasteiger partial charge in [0.2, 0.25) is 0 Å². The first-order valence-electron chi connectivity index (χ1n) is 4.61. The van der Waals surface area contributed by atoms with Crippen molar-refractivity contribution in [2.45, 2.75) is 12.8 Å². The molecule has 0 amide bonds. The lowest BCUT2D eigenvalue weighted by Gasteiger charge is -2.20. The summed E-state index contributed by atoms with van der Waals surface area (Å²) in [6.07, 6.45) is 6.31. The summed E-state index contributed by atoms with van der Waals surface area (Å²) in [5, 5.41) is 0. The molecule has 4 heteroatoms. The molecule has 0 fully saturated rings. The summed E-state index contributed by atoms with van der Waals surface area (Å²) in [7, 11) is 0. The molecule has 0 radical (unpaired) electrons. The predicted octanol–water partition coefficient (Wildman–Crippen LogP) is 2.04. The van der Waals surface area contributed by atoms with Gasteiger partial charge in [-0.25, -0.2) is 4.39 Å². The van der Waals surface area contributed by atoms with E-state index in [2.05, 4.69) is 11.6 Å². The van der Waals surface area contributed by atoms with Crippen LogP contribution in [0.15, 0.2) is 43.4 Å². The first-order chi connectivity index (χ1) is 7.31. The molecule has 2 heterocycles. The fraction of sp³-hybridized carbons (Fsp3) is 0.182. The quantitative estimate of drug-likeness (QED) is 0.707. The summed E-state index contributed by atoms with van der Waals surface area (Å²) >= 11 is 0. The number of nitrogens with zero attached hydrogens (tertiary/aromatic N) is 2. The van der Waals surface area contributed by atoms with Crippen LogP contribution in [0.2, 0.25) is 0 Å². The Labute approximate surface area is 87.5 Å². The van der Waals surface area contributed by atoms with Crippen molar-refractivity contribution in [3.8, 4) is 0 Å². The fourth-order valence-corrected chi connectivity index (χ4v) is 1.40. The Kier molecular flexibility index (Phi) is 2.67. The Bertz CT molecular complexity index is 392. The fourth-order valence-electron chi connectivity index (χ4n) is 1.40. The summed E-state index contributed by atoms with van der Waals surface area (Å²) in [6, 6.07) is 2.96. The number of pyridine rings is 1. The van der Waals surface area contributed by atoms with Gasteiger partial charge in [0.15, 0.2) is 6.23 Å². The molecule has 1 atom stereocenters. The number of hydrogen-bond acceptors (Lipinski definition) is 3. The van der Waals surface area contributed by atoms with Gasteiger partial charge >= 0.3 is 0 Å². The highest BCUT2D eigenvalue weighted by molar-refractivity contribution is 5.09. The molecular formula is C11H11FN2O. The molecule has 2 rings (SSSR count). The Hall–Kier alpha value is -1.84. The van der Waals surface area contributed by atoms with Gasteiger partial charge < -0.3 is 9.64 Å². The summed E-state index contributed by atoms with van der Waals surface area (Å²) in [4.78, 5) is 5.79. The standard InChI is InChI=1S/C11H11FN2O/c1-2-11-14(6-7-15-11)8-10-9(12)4-3-5-13-10/h2-7,11H,1,8H2. The van der Waals surface area contributed by atoms with E-state index in [4.69, 9.17) is 4.74 Å². The van der Waals surface area contributed by atoms with E-state index in [9.17, 15) is 4.39 Å². The third-order valence-electron chi connectivity index (χ3n) is 2.17. The van der Waals surface area contributed by atoms with Gasteiger partial charge in [0, 0.05) is 12.4 Å². The van der Waals surface area contributed by atoms with Gasteiger partial charge in [-0.15, -0.1) is 0 Å². The third kappa shape index (κ3) is 1.98. The van der Waals surface area contributed by atoms with E-state index in [1.54, 1.807) is 30.8 Å². The molecule has 0 N–H and O–H groups in total. The van der Waals surface area contributed by atoms with Crippen LogP contribution in [0, 0.1) is 5.82 Å². The van der Waals surface area contributed by atoms with Crippen LogP contribution >= 0.6 is 0 Å². The van der Waals surface area contributed by atoms with Gasteiger partial charge in [-0.05, 0) is 18.2 Å². The number of ether oxygens (including phenoxy) is 1. The molecule has 1 aliphatic rings. The normalized spacial score (nSPS) is 19.0. The van der Waals surface area contributed by atoms with E-state index < -0.39 is 0 Å². The number of hydrogen-bond donors (Lipinski definition) is 0. The van der Waals surface area contributed by atoms with E-state index in [1.807, 2.05) is 4.90 Å². The minimum atomic E-state index is -0.305. The van der Waals surface area contributed by atoms with E-state index >= 15 is 0 Å². The second-order valence-electron chi connectivity index (χ2n) is 3.15. The van der Waals surface area contributed by atoms with E-state index in [0.29, 0.717) is 12.2 Å². The van der Waals surface area contributed by atoms with Crippen LogP contribution in [0.5, 0.6) is 0 Å². The lowest BCUT2D eigenvalue weighted by Crippen LogP contribution is -2.26. The Morgan fingerprint density at radius 1 is 1.67 bits per heavy atom. The number of aromatic nitrogens is 1. The van der Waals surface area contributed by atoms with Gasteiger partial charge in [0.1, 0.15) is 12.1 Å². The maximum atomic E-state index is 13.3. The number of rotatable bonds is 3. The second kappa shape index (κ2) is 4.13. The van der Waals surface area contributed by atoms with Gasteiger partial charge in [0.25, 0.3) is 0 Å². The van der Waals surface area contributed by atoms with Crippen molar-refractivity contribution < 1.29 is 9.13 Å². The smallest absolute Gasteiger partial charge is 0.190 e. The van der Waals surface area contributed by atoms with E-state index in [1.165, 1.54) is 6.07 Å². The minimum Gasteiger partial charge on any atom is -0.473 e. The van der Waals surface area contributed by atoms with Crippen molar-refractivity contribution in [2.24, 2.45) is 0 Å². The average Bonchev–Trinajstić information content (AvgIpc) is 2.69. The summed E-state index contributed by atoms with van der Waals surface area (Å²) in [5.74, 6) is -0.305. The molecule has 3 nitrogen and oxygen atoms in total. The van der Waals surface area contributed by atoms with E-state index in [0.717, 1.165) is 0 Å². The lowest BCUT2D eigenvalue weighted by molar-refractivity contribution is 0.0939. The molecule has 1 aromatic heterocycles. The van der Waals surface area contributed by atoms with Crippen molar-refractivity contribution in [3.05, 3.63) is 55.0 Å². The molecule has 78 valence electrons. The molecule has 0 bridgehead atoms. The maximum Gasteiger partial charge on any atom is 0.190 e. The molecule has 1 aliphatic heterocycles. The molecular weight excluding hydrogens is 195 g/mol. The summed E-state index contributed by atoms with van der Waals surface area (Å²) < 4.78 is 18.5. The first-order valence-corrected chi connectivity index (χ1v) is 4.61. The van der Waals surface area contributed by atoms with Gasteiger partial charge in [-0.3, -0.25) is 4.98 Å². The van der Waals surface area contributed by atoms with Crippen molar-refractivity contribution in [2.75, 3.05) is 0 Å². The predicted molar refractivity (Wildman–Crippen MR) is 53.9 cm³/mol. The number of halogens is 1. The Morgan fingerprint density at radius 3 is 3.27 bits per heavy atom. The van der Waals surface area contributed by atoms with Gasteiger partial charge in [-0.2, -0.15) is 0 Å². The zero-order valence-corrected chi connectivity index (χ0v) is 8.14. The van der Waals surface area contributed by atoms with E-state index in [-0.39, 0.29) is 12.0 Å². The molecule has 0 saturated carbocycles. The van der Waals surface area contributed by atoms with Crippen molar-refractivity contribution >= 4 is 0 Å². The third-order valence-corrected chi connectivity index (χ3v) is 2.17. The van der Waals surface area contributed by atoms with Crippen LogP contribution in [0.4, 0.5) is 4.39 Å². The summed E-state index contributed by atoms with van der Waals surface area (Å²) in [6.45, 7) is 4.01. The average molecular weight is 206 g/mol. The molecule has 1 unspecified atom stereocenters. The van der Waals surface area contributed by atoms with Crippen LogP contribution in [0.1, 0.15) is 5.69 Å². The van der Waals surface area contributed by atoms with Crippen LogP contribution in [-0.2, 0) is 11.3 Å². The SMILES string of the molecule is C=CC1OC=CN1Cc1ncccc1F. The second-order valence-corrected chi connectivity index (χ2v) is 3.15. The maximum absolute atomic E-state index is 13.3. The van der Waals surface area contributed by atoms with Crippen molar-refractivity contribution in [3.63, 3.8) is 0 Å². The van der Waals surface area contributed by atoms with Crippen LogP contribution in [0.25, 0.3) is 0 Å². The Balaban J connectivity index is 2.12. The summed E-state index contributed by atoms with van der Waals surface area (Å²) in [5.41, 5.74) is 0.402. The molecule has 0 aromatic carbocycles. The van der Waals surface area contributed by atoms with Gasteiger partial charge in [-0.1, -0.05) is 6.58 Å². The highest BCUT2D eigenvalue weighted by atomic mass is 19.1. The molecule has 0 saturated heterocycles. The van der Waals surface area contributed by atoms with Crippen LogP contribution in [-0.4, -0.2) is 16.1 Å². The lowest BCUT2D eigenvalue weighted by atomic mass is 10.3. The zero-order valence-electron chi connectivity index (χ0n) is 8.14. The van der Waals surface area contributed by atoms with Gasteiger partial charge in [0.05, 0.1) is 12.2 Å². The molecule has 1 aromatic rings. The largest absolute Gasteiger partial charge is 0.473 e. The van der Waals surface area contributed by atoms with Crippen molar-refractivity contribution in [1.82, 2.24) is 9.88 Å². The highest BCUT2D eigenvalue weighted by Gasteiger charge is 2.18. The minimum absolute atomic E-state index is 0.230. The molecule has 15 heavy (non-hydrogen) atoms. The topological polar surface area (TPSA) is 25.4 Å². The first kappa shape index (κ1) is 9.71. The molecule has 0 spiro atoms. The van der Waals surface area contributed by atoms with Crippen molar-refractivity contribution in [1.29, 1.82) is 0 Å². The highest BCUT2D eigenvalue weighted by Crippen LogP contribution is 2.16. The zero-order chi connectivity index (χ0) is 10.7. The Morgan fingerprint density at radius 2 is 2.53 bits per heavy atom. The van der Waals surface area contributed by atoms with Crippen LogP contribution < -0.4 is 0 Å².